The normalized spacial score (nSPS) is 55.0. The molecular formula is C53H84O25. The summed E-state index contributed by atoms with van der Waals surface area (Å²) in [5, 5.41) is 155. The molecule has 0 amide bonds. The standard InChI is InChI=1S/C53H84O25/c1-48(2)14-22-21-8-9-27-49(3)12-11-29(50(4,19-55)26(49)10-13-51(27,5)52(21,6)15-28(59)53(22,20-56)42(68)41(48)67)74-47-40(78-45-35(65)33(63)32(62)25(16-54)73-45)37(36(66)38(76-47)43(69)70-7)75-46-39(31(61)24(58)18-72-46)77-44-34(64)30(60)23(57)17-71-44/h8,19,22-42,44-47,54,56-68H,9-18,20H2,1-7H3/t22-,23+,24-,25+,26+,27+,28+,29-,30-,31-,32-,33-,34+,35+,36-,37-,38-,39+,40+,41-,42-,44-,45-,46-,47+,49-,50-,51+,52+,53-/m0/s1. The van der Waals surface area contributed by atoms with Gasteiger partial charge in [-0.25, -0.2) is 4.79 Å². The van der Waals surface area contributed by atoms with E-state index in [4.69, 9.17) is 42.6 Å². The van der Waals surface area contributed by atoms with E-state index in [1.54, 1.807) is 6.92 Å². The zero-order chi connectivity index (χ0) is 57.1. The van der Waals surface area contributed by atoms with Gasteiger partial charge in [0.1, 0.15) is 85.6 Å². The molecule has 0 aromatic rings. The van der Waals surface area contributed by atoms with Gasteiger partial charge in [-0.05, 0) is 84.4 Å². The molecule has 8 fully saturated rings. The Labute approximate surface area is 451 Å². The number of hydrogen-bond donors (Lipinski definition) is 14. The van der Waals surface area contributed by atoms with E-state index in [-0.39, 0.29) is 18.8 Å². The molecule has 25 nitrogen and oxygen atoms in total. The van der Waals surface area contributed by atoms with Gasteiger partial charge in [-0.3, -0.25) is 0 Å². The first-order valence-corrected chi connectivity index (χ1v) is 27.4. The molecular weight excluding hydrogens is 1040 g/mol. The summed E-state index contributed by atoms with van der Waals surface area (Å²) in [5.74, 6) is -2.08. The van der Waals surface area contributed by atoms with Crippen molar-refractivity contribution in [3.05, 3.63) is 11.6 Å². The van der Waals surface area contributed by atoms with Crippen molar-refractivity contribution in [2.75, 3.05) is 33.5 Å². The van der Waals surface area contributed by atoms with Crippen molar-refractivity contribution < 1.29 is 124 Å². The number of fused-ring (bicyclic) bond motifs is 7. The van der Waals surface area contributed by atoms with Crippen LogP contribution in [0.1, 0.15) is 86.5 Å². The van der Waals surface area contributed by atoms with E-state index in [1.807, 2.05) is 13.8 Å². The Bertz CT molecular complexity index is 2190. The second kappa shape index (κ2) is 21.9. The van der Waals surface area contributed by atoms with Gasteiger partial charge in [0.05, 0.1) is 68.8 Å². The average molecular weight is 1120 g/mol. The zero-order valence-corrected chi connectivity index (χ0v) is 45.1. The van der Waals surface area contributed by atoms with E-state index in [2.05, 4.69) is 26.8 Å². The van der Waals surface area contributed by atoms with Crippen LogP contribution in [0.2, 0.25) is 0 Å². The van der Waals surface area contributed by atoms with Crippen LogP contribution in [0.15, 0.2) is 11.6 Å². The minimum Gasteiger partial charge on any atom is -0.467 e. The number of aldehydes is 1. The van der Waals surface area contributed by atoms with Gasteiger partial charge in [0.15, 0.2) is 31.3 Å². The zero-order valence-electron chi connectivity index (χ0n) is 45.1. The maximum absolute atomic E-state index is 14.1. The van der Waals surface area contributed by atoms with E-state index in [1.165, 1.54) is 0 Å². The summed E-state index contributed by atoms with van der Waals surface area (Å²) in [6.45, 7) is 9.50. The van der Waals surface area contributed by atoms with Crippen molar-refractivity contribution in [1.82, 2.24) is 0 Å². The molecule has 446 valence electrons. The smallest absolute Gasteiger partial charge is 0.337 e. The summed E-state index contributed by atoms with van der Waals surface area (Å²) in [5.41, 5.74) is -4.16. The molecule has 78 heavy (non-hydrogen) atoms. The summed E-state index contributed by atoms with van der Waals surface area (Å²) in [6.07, 6.45) is -32.3. The predicted molar refractivity (Wildman–Crippen MR) is 260 cm³/mol. The van der Waals surface area contributed by atoms with Gasteiger partial charge in [0, 0.05) is 0 Å². The van der Waals surface area contributed by atoms with Crippen LogP contribution >= 0.6 is 0 Å². The Kier molecular flexibility index (Phi) is 17.0. The molecule has 5 aliphatic carbocycles. The first kappa shape index (κ1) is 60.6. The minimum atomic E-state index is -2.13. The van der Waals surface area contributed by atoms with Crippen LogP contribution in [0.3, 0.4) is 0 Å². The summed E-state index contributed by atoms with van der Waals surface area (Å²) in [7, 11) is 1.01. The van der Waals surface area contributed by atoms with Crippen molar-refractivity contribution >= 4 is 12.3 Å². The number of ether oxygens (including phenoxy) is 9. The highest BCUT2D eigenvalue weighted by molar-refractivity contribution is 5.75. The Morgan fingerprint density at radius 3 is 1.92 bits per heavy atom. The van der Waals surface area contributed by atoms with Crippen LogP contribution in [0, 0.1) is 50.2 Å². The summed E-state index contributed by atoms with van der Waals surface area (Å²) in [6, 6.07) is 0. The average Bonchev–Trinajstić information content (AvgIpc) is 3.30. The molecule has 0 unspecified atom stereocenters. The van der Waals surface area contributed by atoms with Gasteiger partial charge in [0.2, 0.25) is 0 Å². The summed E-state index contributed by atoms with van der Waals surface area (Å²) < 4.78 is 53.7. The predicted octanol–water partition coefficient (Wildman–Crippen LogP) is -4.01. The molecule has 30 atom stereocenters. The number of rotatable bonds is 12. The molecule has 0 bridgehead atoms. The molecule has 25 heteroatoms. The summed E-state index contributed by atoms with van der Waals surface area (Å²) in [4.78, 5) is 27.7. The number of aliphatic hydroxyl groups is 14. The molecule has 0 aromatic carbocycles. The molecule has 0 spiro atoms. The third-order valence-electron chi connectivity index (χ3n) is 21.2. The van der Waals surface area contributed by atoms with E-state index < -0.39 is 212 Å². The summed E-state index contributed by atoms with van der Waals surface area (Å²) >= 11 is 0. The molecule has 9 aliphatic rings. The number of carbonyl (C=O) groups excluding carboxylic acids is 2. The second-order valence-electron chi connectivity index (χ2n) is 25.5. The number of carbonyl (C=O) groups is 2. The van der Waals surface area contributed by atoms with Gasteiger partial charge in [0.25, 0.3) is 0 Å². The largest absolute Gasteiger partial charge is 0.467 e. The Hall–Kier alpha value is -2.00. The van der Waals surface area contributed by atoms with Crippen molar-refractivity contribution in [3.8, 4) is 0 Å². The lowest BCUT2D eigenvalue weighted by Gasteiger charge is -2.72. The fourth-order valence-corrected chi connectivity index (χ4v) is 16.3. The van der Waals surface area contributed by atoms with Gasteiger partial charge >= 0.3 is 5.97 Å². The van der Waals surface area contributed by atoms with E-state index in [0.29, 0.717) is 32.1 Å². The van der Waals surface area contributed by atoms with Crippen molar-refractivity contribution in [3.63, 3.8) is 0 Å². The number of aliphatic hydroxyl groups excluding tert-OH is 14. The first-order valence-electron chi connectivity index (χ1n) is 27.4. The molecule has 4 saturated carbocycles. The Morgan fingerprint density at radius 1 is 0.654 bits per heavy atom. The van der Waals surface area contributed by atoms with Gasteiger partial charge in [-0.2, -0.15) is 0 Å². The van der Waals surface area contributed by atoms with Crippen molar-refractivity contribution in [1.29, 1.82) is 0 Å². The van der Waals surface area contributed by atoms with E-state index in [0.717, 1.165) is 19.0 Å². The van der Waals surface area contributed by atoms with Crippen LogP contribution < -0.4 is 0 Å². The Morgan fingerprint density at radius 2 is 1.28 bits per heavy atom. The lowest BCUT2D eigenvalue weighted by Crippen LogP contribution is -2.72. The molecule has 4 saturated heterocycles. The Balaban J connectivity index is 1.06. The number of allylic oxidation sites excluding steroid dienone is 2. The maximum Gasteiger partial charge on any atom is 0.337 e. The fraction of sp³-hybridized carbons (Fsp3) is 0.925. The SMILES string of the molecule is COC(=O)[C@H]1O[C@@H](O[C@H]2CC[C@]3(C)[C@H]4CC=C5[C@@H]6CC(C)(C)[C@@H](O)[C@H](O)[C@]6(CO)[C@H](O)C[C@@]5(C)[C@]4(C)CC[C@H]3[C@]2(C)C=O)[C@H](O[C@@H]2O[C@H](CO)[C@H](O)[C@H](O)[C@H]2O)[C@@H](O[C@@H]2OC[C@H](O)[C@H](O)[C@H]2O[C@@H]2OC[C@@H](O)[C@H](O)[C@H]2O)[C@@H]1O. The van der Waals surface area contributed by atoms with Crippen LogP contribution in [0.25, 0.3) is 0 Å². The fourth-order valence-electron chi connectivity index (χ4n) is 16.3. The lowest BCUT2D eigenvalue weighted by atomic mass is 9.33. The second-order valence-corrected chi connectivity index (χ2v) is 25.5. The number of hydrogen-bond acceptors (Lipinski definition) is 25. The lowest BCUT2D eigenvalue weighted by molar-refractivity contribution is -0.399. The van der Waals surface area contributed by atoms with Gasteiger partial charge < -0.3 is 119 Å². The molecule has 9 rings (SSSR count). The van der Waals surface area contributed by atoms with Crippen LogP contribution in [-0.4, -0.2) is 252 Å². The molecule has 0 radical (unpaired) electrons. The van der Waals surface area contributed by atoms with E-state index >= 15 is 0 Å². The van der Waals surface area contributed by atoms with E-state index in [9.17, 15) is 81.1 Å². The van der Waals surface area contributed by atoms with Crippen LogP contribution in [-0.2, 0) is 52.2 Å². The number of methoxy groups -OCH3 is 1. The van der Waals surface area contributed by atoms with Gasteiger partial charge in [-0.1, -0.05) is 53.2 Å². The monoisotopic (exact) mass is 1120 g/mol. The van der Waals surface area contributed by atoms with Crippen molar-refractivity contribution in [2.24, 2.45) is 50.2 Å². The first-order chi connectivity index (χ1) is 36.6. The van der Waals surface area contributed by atoms with Gasteiger partial charge in [-0.15, -0.1) is 0 Å². The molecule has 14 N–H and O–H groups in total. The highest BCUT2D eigenvalue weighted by Crippen LogP contribution is 2.76. The topological polar surface area (TPSA) is 400 Å². The third kappa shape index (κ3) is 9.29. The van der Waals surface area contributed by atoms with Crippen LogP contribution in [0.4, 0.5) is 0 Å². The highest BCUT2D eigenvalue weighted by atomic mass is 16.8. The molecule has 0 aromatic heterocycles. The quantitative estimate of drug-likeness (QED) is 0.0383. The minimum absolute atomic E-state index is 0.0866. The maximum atomic E-state index is 14.1. The molecule has 4 aliphatic heterocycles. The third-order valence-corrected chi connectivity index (χ3v) is 21.2. The number of esters is 1. The highest BCUT2D eigenvalue weighted by Gasteiger charge is 2.73. The molecule has 4 heterocycles. The van der Waals surface area contributed by atoms with Crippen molar-refractivity contribution in [2.45, 2.75) is 222 Å². The van der Waals surface area contributed by atoms with Crippen LogP contribution in [0.5, 0.6) is 0 Å².